The lowest BCUT2D eigenvalue weighted by atomic mass is 10.0. The average molecular weight is 384 g/mol. The highest BCUT2D eigenvalue weighted by molar-refractivity contribution is 7.89. The largest absolute Gasteiger partial charge is 0.476 e. The van der Waals surface area contributed by atoms with Crippen molar-refractivity contribution < 1.29 is 27.9 Å². The molecule has 2 N–H and O–H groups in total. The minimum Gasteiger partial charge on any atom is -0.476 e. The second-order valence-corrected chi connectivity index (χ2v) is 9.90. The molecule has 0 spiro atoms. The van der Waals surface area contributed by atoms with E-state index >= 15 is 0 Å². The summed E-state index contributed by atoms with van der Waals surface area (Å²) < 4.78 is 31.1. The first-order valence-corrected chi connectivity index (χ1v) is 9.69. The number of ether oxygens (including phenoxy) is 1. The number of nitrogens with zero attached hydrogens (tertiary/aromatic N) is 1. The van der Waals surface area contributed by atoms with Crippen molar-refractivity contribution >= 4 is 27.7 Å². The van der Waals surface area contributed by atoms with E-state index in [2.05, 4.69) is 5.32 Å². The van der Waals surface area contributed by atoms with Gasteiger partial charge in [-0.25, -0.2) is 17.5 Å². The first kappa shape index (κ1) is 20.0. The smallest absolute Gasteiger partial charge is 0.421 e. The molecule has 2 amide bonds. The summed E-state index contributed by atoms with van der Waals surface area (Å²) in [5.41, 5.74) is -0.760. The minimum atomic E-state index is -4.01. The Balaban J connectivity index is 2.31. The third kappa shape index (κ3) is 4.46. The molecule has 0 bridgehead atoms. The Morgan fingerprint density at radius 2 is 1.92 bits per heavy atom. The van der Waals surface area contributed by atoms with Crippen LogP contribution in [0.25, 0.3) is 0 Å². The number of carboxylic acid groups (broad SMARTS) is 1. The molecule has 0 saturated carbocycles. The zero-order valence-electron chi connectivity index (χ0n) is 15.5. The number of fused-ring (bicyclic) bond motifs is 1. The normalized spacial score (nSPS) is 16.3. The predicted octanol–water partition coefficient (Wildman–Crippen LogP) is 2.65. The molecule has 0 saturated heterocycles. The van der Waals surface area contributed by atoms with Crippen LogP contribution < -0.4 is 10.1 Å². The van der Waals surface area contributed by atoms with Gasteiger partial charge in [0.1, 0.15) is 5.75 Å². The monoisotopic (exact) mass is 384 g/mol. The predicted molar refractivity (Wildman–Crippen MR) is 96.6 cm³/mol. The van der Waals surface area contributed by atoms with Crippen LogP contribution in [0.5, 0.6) is 5.75 Å². The van der Waals surface area contributed by atoms with Crippen LogP contribution >= 0.6 is 0 Å². The summed E-state index contributed by atoms with van der Waals surface area (Å²) >= 11 is 0. The molecule has 26 heavy (non-hydrogen) atoms. The first-order valence-electron chi connectivity index (χ1n) is 8.08. The molecule has 1 aromatic rings. The lowest BCUT2D eigenvalue weighted by Crippen LogP contribution is -2.45. The van der Waals surface area contributed by atoms with E-state index in [9.17, 15) is 23.1 Å². The van der Waals surface area contributed by atoms with Crippen molar-refractivity contribution in [2.45, 2.75) is 46.8 Å². The van der Waals surface area contributed by atoms with Crippen LogP contribution in [0.2, 0.25) is 0 Å². The Morgan fingerprint density at radius 3 is 2.46 bits per heavy atom. The number of carbonyl (C=O) groups is 2. The molecule has 0 fully saturated rings. The number of rotatable bonds is 4. The van der Waals surface area contributed by atoms with Crippen LogP contribution in [0.1, 0.15) is 40.2 Å². The highest BCUT2D eigenvalue weighted by Crippen LogP contribution is 2.34. The molecule has 0 atom stereocenters. The number of carbonyl (C=O) groups excluding carboxylic acids is 1. The van der Waals surface area contributed by atoms with Crippen LogP contribution in [-0.4, -0.2) is 41.2 Å². The maximum atomic E-state index is 12.5. The van der Waals surface area contributed by atoms with Crippen LogP contribution in [0, 0.1) is 5.41 Å². The summed E-state index contributed by atoms with van der Waals surface area (Å²) in [4.78, 5) is 23.4. The molecule has 1 aliphatic rings. The molecule has 1 aromatic carbocycles. The third-order valence-corrected chi connectivity index (χ3v) is 5.88. The summed E-state index contributed by atoms with van der Waals surface area (Å²) in [5.74, 6) is -0.222. The number of hydrogen-bond acceptors (Lipinski definition) is 5. The summed E-state index contributed by atoms with van der Waals surface area (Å²) in [5, 5.41) is 12.1. The molecule has 2 rings (SSSR count). The number of sulfonamides is 1. The van der Waals surface area contributed by atoms with Gasteiger partial charge in [0.25, 0.3) is 5.91 Å². The summed E-state index contributed by atoms with van der Waals surface area (Å²) in [6.45, 7) is 8.05. The maximum absolute atomic E-state index is 12.5. The Labute approximate surface area is 153 Å². The van der Waals surface area contributed by atoms with Crippen molar-refractivity contribution in [3.63, 3.8) is 0 Å². The van der Waals surface area contributed by atoms with E-state index in [-0.39, 0.29) is 18.2 Å². The molecular weight excluding hydrogens is 360 g/mol. The number of anilines is 1. The van der Waals surface area contributed by atoms with Crippen molar-refractivity contribution in [3.05, 3.63) is 23.8 Å². The van der Waals surface area contributed by atoms with Gasteiger partial charge < -0.3 is 15.2 Å². The first-order chi connectivity index (χ1) is 11.7. The van der Waals surface area contributed by atoms with Gasteiger partial charge in [-0.15, -0.1) is 0 Å². The van der Waals surface area contributed by atoms with Crippen LogP contribution in [0.15, 0.2) is 18.2 Å². The third-order valence-electron chi connectivity index (χ3n) is 3.70. The average Bonchev–Trinajstić information content (AvgIpc) is 2.42. The van der Waals surface area contributed by atoms with Gasteiger partial charge in [0, 0.05) is 0 Å². The Hall–Kier alpha value is -2.29. The second-order valence-electron chi connectivity index (χ2n) is 8.00. The summed E-state index contributed by atoms with van der Waals surface area (Å²) in [6, 6.07) is 4.66. The molecule has 0 unspecified atom stereocenters. The van der Waals surface area contributed by atoms with Crippen molar-refractivity contribution in [1.82, 2.24) is 4.31 Å². The summed E-state index contributed by atoms with van der Waals surface area (Å²) in [6.07, 6.45) is -1.54. The Bertz CT molecular complexity index is 839. The fraction of sp³-hybridized carbons (Fsp3) is 0.529. The second kappa shape index (κ2) is 6.46. The Kier molecular flexibility index (Phi) is 4.97. The van der Waals surface area contributed by atoms with Gasteiger partial charge in [0.15, 0.2) is 5.60 Å². The highest BCUT2D eigenvalue weighted by atomic mass is 32.2. The molecule has 0 aromatic heterocycles. The van der Waals surface area contributed by atoms with Crippen LogP contribution in [-0.2, 0) is 21.4 Å². The molecule has 0 radical (unpaired) electrons. The molecule has 1 aliphatic heterocycles. The van der Waals surface area contributed by atoms with E-state index in [1.165, 1.54) is 0 Å². The molecular formula is C17H24N2O6S. The Morgan fingerprint density at radius 1 is 1.31 bits per heavy atom. The van der Waals surface area contributed by atoms with E-state index < -0.39 is 27.1 Å². The van der Waals surface area contributed by atoms with Crippen molar-refractivity contribution in [2.24, 2.45) is 5.41 Å². The number of amides is 2. The fourth-order valence-corrected chi connectivity index (χ4v) is 4.36. The van der Waals surface area contributed by atoms with Gasteiger partial charge >= 0.3 is 6.09 Å². The van der Waals surface area contributed by atoms with E-state index in [1.54, 1.807) is 52.8 Å². The quantitative estimate of drug-likeness (QED) is 0.825. The van der Waals surface area contributed by atoms with Crippen LogP contribution in [0.3, 0.4) is 0 Å². The van der Waals surface area contributed by atoms with Crippen LogP contribution in [0.4, 0.5) is 10.5 Å². The molecule has 0 aliphatic carbocycles. The maximum Gasteiger partial charge on any atom is 0.421 e. The van der Waals surface area contributed by atoms with Gasteiger partial charge in [0.2, 0.25) is 10.0 Å². The van der Waals surface area contributed by atoms with E-state index in [0.29, 0.717) is 21.3 Å². The number of hydrogen-bond donors (Lipinski definition) is 2. The minimum absolute atomic E-state index is 0.294. The number of benzene rings is 1. The van der Waals surface area contributed by atoms with Gasteiger partial charge in [-0.1, -0.05) is 26.8 Å². The van der Waals surface area contributed by atoms with E-state index in [1.807, 2.05) is 0 Å². The summed E-state index contributed by atoms with van der Waals surface area (Å²) in [7, 11) is -4.01. The van der Waals surface area contributed by atoms with E-state index in [4.69, 9.17) is 4.74 Å². The fourth-order valence-electron chi connectivity index (χ4n) is 2.52. The lowest BCUT2D eigenvalue weighted by molar-refractivity contribution is -0.129. The number of nitrogens with one attached hydrogen (secondary N) is 1. The van der Waals surface area contributed by atoms with Gasteiger partial charge in [-0.2, -0.15) is 0 Å². The molecule has 144 valence electrons. The molecule has 9 heteroatoms. The zero-order valence-corrected chi connectivity index (χ0v) is 16.3. The van der Waals surface area contributed by atoms with Crippen molar-refractivity contribution in [2.75, 3.05) is 11.1 Å². The van der Waals surface area contributed by atoms with Gasteiger partial charge in [-0.3, -0.25) is 4.79 Å². The SMILES string of the molecule is CC(C)(C)CS(=O)(=O)N(Cc1ccc2c(c1)OC(C)(C)C(=O)N2)C(=O)O. The highest BCUT2D eigenvalue weighted by Gasteiger charge is 2.36. The molecule has 1 heterocycles. The molecule has 8 nitrogen and oxygen atoms in total. The standard InChI is InChI=1S/C17H24N2O6S/c1-16(2,3)10-26(23,24)19(15(21)22)9-11-6-7-12-13(8-11)25-17(4,5)14(20)18-12/h6-8H,9-10H2,1-5H3,(H,18,20)(H,21,22). The zero-order chi connectivity index (χ0) is 19.9. The lowest BCUT2D eigenvalue weighted by Gasteiger charge is -2.32. The van der Waals surface area contributed by atoms with Crippen molar-refractivity contribution in [1.29, 1.82) is 0 Å². The van der Waals surface area contributed by atoms with Gasteiger partial charge in [0.05, 0.1) is 18.0 Å². The van der Waals surface area contributed by atoms with Crippen molar-refractivity contribution in [3.8, 4) is 5.75 Å². The topological polar surface area (TPSA) is 113 Å². The van der Waals surface area contributed by atoms with E-state index in [0.717, 1.165) is 0 Å². The van der Waals surface area contributed by atoms with Gasteiger partial charge in [-0.05, 0) is 37.0 Å².